The lowest BCUT2D eigenvalue weighted by Crippen LogP contribution is -2.56. The van der Waals surface area contributed by atoms with Gasteiger partial charge in [0.2, 0.25) is 0 Å². The second-order valence-corrected chi connectivity index (χ2v) is 8.36. The second kappa shape index (κ2) is 8.66. The van der Waals surface area contributed by atoms with Gasteiger partial charge in [-0.3, -0.25) is 9.78 Å². The number of pyridine rings is 1. The third kappa shape index (κ3) is 4.11. The van der Waals surface area contributed by atoms with Crippen molar-refractivity contribution >= 4 is 11.9 Å². The summed E-state index contributed by atoms with van der Waals surface area (Å²) in [5.41, 5.74) is 1.63. The maximum atomic E-state index is 13.0. The number of methoxy groups -OCH3 is 1. The van der Waals surface area contributed by atoms with Crippen LogP contribution < -0.4 is 15.4 Å². The van der Waals surface area contributed by atoms with Crippen LogP contribution in [-0.2, 0) is 6.54 Å². The molecule has 9 heteroatoms. The number of nitrogens with one attached hydrogen (secondary N) is 2. The quantitative estimate of drug-likeness (QED) is 0.432. The van der Waals surface area contributed by atoms with Crippen molar-refractivity contribution in [1.82, 2.24) is 20.5 Å². The maximum absolute atomic E-state index is 13.0. The molecule has 1 saturated heterocycles. The molecule has 2 aliphatic heterocycles. The highest BCUT2D eigenvalue weighted by Crippen LogP contribution is 2.29. The highest BCUT2D eigenvalue weighted by Gasteiger charge is 2.48. The summed E-state index contributed by atoms with van der Waals surface area (Å²) in [4.78, 5) is 31.0. The number of carbonyl (C=O) groups is 2. The molecule has 3 heterocycles. The van der Waals surface area contributed by atoms with Crippen molar-refractivity contribution in [2.24, 2.45) is 0 Å². The zero-order valence-electron chi connectivity index (χ0n) is 18.8. The number of phenolic OH excluding ortho intramolecular Hbond substituents is 1. The Morgan fingerprint density at radius 3 is 2.69 bits per heavy atom. The SMILES string of the molecule is COc1ccc2c(c1)C(=O)N(CC1(C#Cc3ccc(-c4ccccc4O)nc3)NC(=O)NC1O)C2. The van der Waals surface area contributed by atoms with Gasteiger partial charge in [0.25, 0.3) is 5.91 Å². The van der Waals surface area contributed by atoms with E-state index in [1.54, 1.807) is 54.7 Å². The molecule has 35 heavy (non-hydrogen) atoms. The molecule has 1 aromatic heterocycles. The van der Waals surface area contributed by atoms with Gasteiger partial charge in [0.1, 0.15) is 11.5 Å². The molecule has 5 rings (SSSR count). The Bertz CT molecular complexity index is 1380. The number of benzene rings is 2. The summed E-state index contributed by atoms with van der Waals surface area (Å²) in [7, 11) is 1.53. The molecule has 2 unspecified atom stereocenters. The topological polar surface area (TPSA) is 124 Å². The van der Waals surface area contributed by atoms with Gasteiger partial charge >= 0.3 is 6.03 Å². The van der Waals surface area contributed by atoms with Gasteiger partial charge in [-0.05, 0) is 42.0 Å². The van der Waals surface area contributed by atoms with E-state index in [2.05, 4.69) is 27.5 Å². The van der Waals surface area contributed by atoms with Crippen molar-refractivity contribution in [3.8, 4) is 34.6 Å². The van der Waals surface area contributed by atoms with Crippen LogP contribution in [0.5, 0.6) is 11.5 Å². The lowest BCUT2D eigenvalue weighted by atomic mass is 9.98. The molecule has 0 aliphatic carbocycles. The minimum atomic E-state index is -1.42. The van der Waals surface area contributed by atoms with Crippen molar-refractivity contribution < 1.29 is 24.5 Å². The number of aliphatic hydroxyl groups excluding tert-OH is 1. The number of amides is 3. The Kier molecular flexibility index (Phi) is 5.51. The minimum absolute atomic E-state index is 0.0286. The molecule has 0 bridgehead atoms. The first kappa shape index (κ1) is 22.3. The first-order valence-electron chi connectivity index (χ1n) is 10.9. The van der Waals surface area contributed by atoms with Crippen LogP contribution in [-0.4, -0.2) is 57.5 Å². The Morgan fingerprint density at radius 1 is 1.17 bits per heavy atom. The summed E-state index contributed by atoms with van der Waals surface area (Å²) in [6.45, 7) is 0.292. The van der Waals surface area contributed by atoms with Crippen LogP contribution in [0.25, 0.3) is 11.3 Å². The number of nitrogens with zero attached hydrogens (tertiary/aromatic N) is 2. The van der Waals surface area contributed by atoms with Crippen molar-refractivity contribution in [2.75, 3.05) is 13.7 Å². The van der Waals surface area contributed by atoms with Crippen LogP contribution in [0.2, 0.25) is 0 Å². The van der Waals surface area contributed by atoms with Crippen LogP contribution in [0.4, 0.5) is 4.79 Å². The average molecular weight is 470 g/mol. The van der Waals surface area contributed by atoms with Crippen molar-refractivity contribution in [3.63, 3.8) is 0 Å². The third-order valence-electron chi connectivity index (χ3n) is 6.08. The number of aliphatic hydroxyl groups is 1. The normalized spacial score (nSPS) is 20.5. The van der Waals surface area contributed by atoms with Crippen molar-refractivity contribution in [1.29, 1.82) is 0 Å². The molecule has 1 fully saturated rings. The lowest BCUT2D eigenvalue weighted by Gasteiger charge is -2.30. The van der Waals surface area contributed by atoms with E-state index in [4.69, 9.17) is 4.74 Å². The zero-order chi connectivity index (χ0) is 24.6. The monoisotopic (exact) mass is 470 g/mol. The van der Waals surface area contributed by atoms with Gasteiger partial charge in [-0.2, -0.15) is 0 Å². The lowest BCUT2D eigenvalue weighted by molar-refractivity contribution is 0.0611. The number of carbonyl (C=O) groups excluding carboxylic acids is 2. The van der Waals surface area contributed by atoms with Gasteiger partial charge in [-0.25, -0.2) is 4.79 Å². The van der Waals surface area contributed by atoms with E-state index in [0.717, 1.165) is 5.56 Å². The Morgan fingerprint density at radius 2 is 2.00 bits per heavy atom. The van der Waals surface area contributed by atoms with Gasteiger partial charge in [0.15, 0.2) is 11.8 Å². The van der Waals surface area contributed by atoms with E-state index < -0.39 is 17.8 Å². The predicted molar refractivity (Wildman–Crippen MR) is 126 cm³/mol. The summed E-state index contributed by atoms with van der Waals surface area (Å²) in [6.07, 6.45) is 0.212. The molecule has 0 saturated carbocycles. The standard InChI is InChI=1S/C26H22N4O5/c1-35-18-8-7-17-14-30(23(32)20(17)12-18)15-26(24(33)28-25(34)29-26)11-10-16-6-9-21(27-13-16)19-4-2-3-5-22(19)31/h2-9,12-13,24,31,33H,14-15H2,1H3,(H2,28,29,34). The number of hydrogen-bond donors (Lipinski definition) is 4. The van der Waals surface area contributed by atoms with Gasteiger partial charge in [0.05, 0.1) is 19.3 Å². The molecule has 2 atom stereocenters. The fourth-order valence-corrected chi connectivity index (χ4v) is 4.22. The Hall–Kier alpha value is -4.55. The van der Waals surface area contributed by atoms with E-state index in [0.29, 0.717) is 34.7 Å². The molecular weight excluding hydrogens is 448 g/mol. The first-order valence-corrected chi connectivity index (χ1v) is 10.9. The number of aromatic hydroxyl groups is 1. The van der Waals surface area contributed by atoms with Gasteiger partial charge in [-0.15, -0.1) is 0 Å². The van der Waals surface area contributed by atoms with Crippen molar-refractivity contribution in [2.45, 2.75) is 18.3 Å². The molecule has 2 aliphatic rings. The smallest absolute Gasteiger partial charge is 0.318 e. The number of fused-ring (bicyclic) bond motifs is 1. The number of para-hydroxylation sites is 1. The largest absolute Gasteiger partial charge is 0.507 e. The predicted octanol–water partition coefficient (Wildman–Crippen LogP) is 1.84. The van der Waals surface area contributed by atoms with Crippen molar-refractivity contribution in [3.05, 3.63) is 77.5 Å². The van der Waals surface area contributed by atoms with Crippen LogP contribution in [0.3, 0.4) is 0 Å². The molecule has 2 aromatic carbocycles. The summed E-state index contributed by atoms with van der Waals surface area (Å²) < 4.78 is 5.22. The second-order valence-electron chi connectivity index (χ2n) is 8.36. The van der Waals surface area contributed by atoms with Crippen LogP contribution >= 0.6 is 0 Å². The maximum Gasteiger partial charge on any atom is 0.318 e. The number of phenols is 1. The van der Waals surface area contributed by atoms with E-state index in [-0.39, 0.29) is 18.2 Å². The number of ether oxygens (including phenoxy) is 1. The van der Waals surface area contributed by atoms with Gasteiger partial charge < -0.3 is 30.5 Å². The summed E-state index contributed by atoms with van der Waals surface area (Å²) in [5, 5.41) is 25.8. The van der Waals surface area contributed by atoms with Crippen LogP contribution in [0.1, 0.15) is 21.5 Å². The summed E-state index contributed by atoms with van der Waals surface area (Å²) in [6, 6.07) is 15.0. The number of urea groups is 1. The van der Waals surface area contributed by atoms with E-state index >= 15 is 0 Å². The highest BCUT2D eigenvalue weighted by molar-refractivity contribution is 5.99. The highest BCUT2D eigenvalue weighted by atomic mass is 16.5. The van der Waals surface area contributed by atoms with Crippen LogP contribution in [0, 0.1) is 11.8 Å². The average Bonchev–Trinajstić information content (AvgIpc) is 3.32. The molecule has 3 aromatic rings. The third-order valence-corrected chi connectivity index (χ3v) is 6.08. The number of aromatic nitrogens is 1. The Labute approximate surface area is 201 Å². The fraction of sp³-hybridized carbons (Fsp3) is 0.192. The van der Waals surface area contributed by atoms with E-state index in [1.807, 2.05) is 6.07 Å². The van der Waals surface area contributed by atoms with Gasteiger partial charge in [0, 0.05) is 29.4 Å². The van der Waals surface area contributed by atoms with Crippen LogP contribution in [0.15, 0.2) is 60.8 Å². The molecule has 176 valence electrons. The molecule has 4 N–H and O–H groups in total. The first-order chi connectivity index (χ1) is 16.9. The minimum Gasteiger partial charge on any atom is -0.507 e. The fourth-order valence-electron chi connectivity index (χ4n) is 4.22. The number of hydrogen-bond acceptors (Lipinski definition) is 6. The summed E-state index contributed by atoms with van der Waals surface area (Å²) in [5.74, 6) is 6.37. The molecule has 3 amide bonds. The summed E-state index contributed by atoms with van der Waals surface area (Å²) >= 11 is 0. The molecule has 9 nitrogen and oxygen atoms in total. The molecular formula is C26H22N4O5. The van der Waals surface area contributed by atoms with E-state index in [1.165, 1.54) is 12.0 Å². The Balaban J connectivity index is 1.41. The molecule has 0 spiro atoms. The van der Waals surface area contributed by atoms with Gasteiger partial charge in [-0.1, -0.05) is 30.0 Å². The zero-order valence-corrected chi connectivity index (χ0v) is 18.8. The van der Waals surface area contributed by atoms with E-state index in [9.17, 15) is 19.8 Å². The number of rotatable bonds is 4. The molecule has 0 radical (unpaired) electrons.